The largest absolute Gasteiger partial charge is 0.486 e. The molecule has 0 aromatic heterocycles. The normalized spacial score (nSPS) is 17.9. The van der Waals surface area contributed by atoms with Crippen LogP contribution < -0.4 is 0 Å². The zero-order chi connectivity index (χ0) is 8.10. The van der Waals surface area contributed by atoms with Crippen molar-refractivity contribution in [2.45, 2.75) is 6.92 Å². The molecule has 1 aliphatic heterocycles. The van der Waals surface area contributed by atoms with Gasteiger partial charge in [0, 0.05) is 0 Å². The standard InChI is InChI=1S/C8H11NO2/c1-2-3-7-8(6-9)11-5-4-10-7/h2-3,6,9H,4-5H2,1H3/b3-2+,9-6?. The molecule has 0 spiro atoms. The van der Waals surface area contributed by atoms with Crippen LogP contribution in [0.3, 0.4) is 0 Å². The molecule has 0 radical (unpaired) electrons. The summed E-state index contributed by atoms with van der Waals surface area (Å²) >= 11 is 0. The first-order chi connectivity index (χ1) is 5.38. The van der Waals surface area contributed by atoms with E-state index in [1.54, 1.807) is 6.08 Å². The summed E-state index contributed by atoms with van der Waals surface area (Å²) in [5, 5.41) is 6.98. The lowest BCUT2D eigenvalue weighted by molar-refractivity contribution is 0.0816. The van der Waals surface area contributed by atoms with Gasteiger partial charge in [-0.05, 0) is 13.0 Å². The summed E-state index contributed by atoms with van der Waals surface area (Å²) in [5.41, 5.74) is 0. The minimum absolute atomic E-state index is 0.509. The van der Waals surface area contributed by atoms with Crippen molar-refractivity contribution in [1.29, 1.82) is 5.41 Å². The van der Waals surface area contributed by atoms with Gasteiger partial charge < -0.3 is 14.9 Å². The highest BCUT2D eigenvalue weighted by Crippen LogP contribution is 2.12. The number of rotatable bonds is 2. The topological polar surface area (TPSA) is 42.3 Å². The number of ether oxygens (including phenoxy) is 2. The van der Waals surface area contributed by atoms with Crippen LogP contribution in [-0.4, -0.2) is 19.4 Å². The Morgan fingerprint density at radius 1 is 1.27 bits per heavy atom. The predicted molar refractivity (Wildman–Crippen MR) is 42.5 cm³/mol. The van der Waals surface area contributed by atoms with E-state index in [2.05, 4.69) is 0 Å². The molecule has 11 heavy (non-hydrogen) atoms. The van der Waals surface area contributed by atoms with Crippen LogP contribution in [0.1, 0.15) is 6.92 Å². The third kappa shape index (κ3) is 1.83. The van der Waals surface area contributed by atoms with Gasteiger partial charge >= 0.3 is 0 Å². The highest BCUT2D eigenvalue weighted by Gasteiger charge is 2.09. The van der Waals surface area contributed by atoms with E-state index in [1.165, 1.54) is 0 Å². The van der Waals surface area contributed by atoms with Gasteiger partial charge in [-0.2, -0.15) is 0 Å². The van der Waals surface area contributed by atoms with Crippen LogP contribution in [0.4, 0.5) is 0 Å². The molecule has 3 heteroatoms. The zero-order valence-corrected chi connectivity index (χ0v) is 6.46. The molecule has 1 N–H and O–H groups in total. The van der Waals surface area contributed by atoms with Crippen molar-refractivity contribution in [2.75, 3.05) is 13.2 Å². The van der Waals surface area contributed by atoms with Crippen LogP contribution >= 0.6 is 0 Å². The van der Waals surface area contributed by atoms with Crippen LogP contribution in [-0.2, 0) is 9.47 Å². The fourth-order valence-electron chi connectivity index (χ4n) is 0.840. The van der Waals surface area contributed by atoms with Crippen LogP contribution in [0, 0.1) is 5.41 Å². The number of nitrogens with one attached hydrogen (secondary N) is 1. The minimum atomic E-state index is 0.509. The number of hydrogen-bond donors (Lipinski definition) is 1. The summed E-state index contributed by atoms with van der Waals surface area (Å²) in [7, 11) is 0. The van der Waals surface area contributed by atoms with Crippen molar-refractivity contribution in [3.63, 3.8) is 0 Å². The van der Waals surface area contributed by atoms with Gasteiger partial charge in [-0.3, -0.25) is 0 Å². The van der Waals surface area contributed by atoms with E-state index in [-0.39, 0.29) is 0 Å². The molecular weight excluding hydrogens is 142 g/mol. The molecule has 0 amide bonds. The van der Waals surface area contributed by atoms with E-state index in [1.807, 2.05) is 13.0 Å². The molecule has 1 heterocycles. The highest BCUT2D eigenvalue weighted by molar-refractivity contribution is 5.74. The van der Waals surface area contributed by atoms with Crippen molar-refractivity contribution < 1.29 is 9.47 Å². The Morgan fingerprint density at radius 2 is 1.91 bits per heavy atom. The summed E-state index contributed by atoms with van der Waals surface area (Å²) in [6.45, 7) is 3.00. The average molecular weight is 153 g/mol. The Hall–Kier alpha value is -1.25. The maximum atomic E-state index is 6.98. The Morgan fingerprint density at radius 3 is 2.45 bits per heavy atom. The van der Waals surface area contributed by atoms with Crippen LogP contribution in [0.15, 0.2) is 23.7 Å². The molecule has 0 aromatic carbocycles. The monoisotopic (exact) mass is 153 g/mol. The maximum Gasteiger partial charge on any atom is 0.178 e. The van der Waals surface area contributed by atoms with Gasteiger partial charge in [0.25, 0.3) is 0 Å². The molecular formula is C8H11NO2. The summed E-state index contributed by atoms with van der Waals surface area (Å²) in [5.74, 6) is 1.16. The third-order valence-corrected chi connectivity index (χ3v) is 1.29. The average Bonchev–Trinajstić information content (AvgIpc) is 2.06. The number of allylic oxidation sites excluding steroid dienone is 3. The smallest absolute Gasteiger partial charge is 0.178 e. The third-order valence-electron chi connectivity index (χ3n) is 1.29. The van der Waals surface area contributed by atoms with Crippen molar-refractivity contribution >= 4 is 6.21 Å². The second kappa shape index (κ2) is 3.81. The van der Waals surface area contributed by atoms with E-state index in [4.69, 9.17) is 14.9 Å². The van der Waals surface area contributed by atoms with Gasteiger partial charge in [0.1, 0.15) is 13.2 Å². The SMILES string of the molecule is C/C=C/C1=C(C=N)OCCO1. The molecule has 0 aromatic rings. The predicted octanol–water partition coefficient (Wildman–Crippen LogP) is 1.47. The van der Waals surface area contributed by atoms with Crippen LogP contribution in [0.5, 0.6) is 0 Å². The quantitative estimate of drug-likeness (QED) is 0.610. The Balaban J connectivity index is 2.81. The van der Waals surface area contributed by atoms with Gasteiger partial charge in [0.15, 0.2) is 11.5 Å². The van der Waals surface area contributed by atoms with E-state index in [0.717, 1.165) is 6.21 Å². The zero-order valence-electron chi connectivity index (χ0n) is 6.46. The Labute approximate surface area is 65.8 Å². The van der Waals surface area contributed by atoms with Crippen molar-refractivity contribution in [3.05, 3.63) is 23.7 Å². The fourth-order valence-corrected chi connectivity index (χ4v) is 0.840. The maximum absolute atomic E-state index is 6.98. The lowest BCUT2D eigenvalue weighted by Crippen LogP contribution is -2.13. The number of hydrogen-bond acceptors (Lipinski definition) is 3. The molecule has 3 nitrogen and oxygen atoms in total. The highest BCUT2D eigenvalue weighted by atomic mass is 16.6. The molecule has 0 bridgehead atoms. The Kier molecular flexibility index (Phi) is 2.72. The van der Waals surface area contributed by atoms with Gasteiger partial charge in [-0.1, -0.05) is 6.08 Å². The van der Waals surface area contributed by atoms with Crippen LogP contribution in [0.2, 0.25) is 0 Å². The van der Waals surface area contributed by atoms with Gasteiger partial charge in [0.2, 0.25) is 0 Å². The van der Waals surface area contributed by atoms with Crippen molar-refractivity contribution in [2.24, 2.45) is 0 Å². The molecule has 0 unspecified atom stereocenters. The molecule has 0 atom stereocenters. The first-order valence-corrected chi connectivity index (χ1v) is 3.51. The van der Waals surface area contributed by atoms with E-state index in [0.29, 0.717) is 24.7 Å². The Bertz CT molecular complexity index is 206. The van der Waals surface area contributed by atoms with Gasteiger partial charge in [-0.25, -0.2) is 0 Å². The van der Waals surface area contributed by atoms with Crippen LogP contribution in [0.25, 0.3) is 0 Å². The van der Waals surface area contributed by atoms with E-state index < -0.39 is 0 Å². The summed E-state index contributed by atoms with van der Waals surface area (Å²) in [6.07, 6.45) is 4.81. The molecule has 1 aliphatic rings. The molecule has 1 rings (SSSR count). The first-order valence-electron chi connectivity index (χ1n) is 3.51. The summed E-state index contributed by atoms with van der Waals surface area (Å²) in [4.78, 5) is 0. The van der Waals surface area contributed by atoms with E-state index in [9.17, 15) is 0 Å². The van der Waals surface area contributed by atoms with Crippen molar-refractivity contribution in [3.8, 4) is 0 Å². The molecule has 60 valence electrons. The van der Waals surface area contributed by atoms with Gasteiger partial charge in [0.05, 0.1) is 6.21 Å². The molecule has 0 fully saturated rings. The first kappa shape index (κ1) is 7.85. The lowest BCUT2D eigenvalue weighted by atomic mass is 10.3. The molecule has 0 aliphatic carbocycles. The molecule has 0 saturated heterocycles. The minimum Gasteiger partial charge on any atom is -0.486 e. The van der Waals surface area contributed by atoms with Gasteiger partial charge in [-0.15, -0.1) is 0 Å². The fraction of sp³-hybridized carbons (Fsp3) is 0.375. The van der Waals surface area contributed by atoms with Crippen molar-refractivity contribution in [1.82, 2.24) is 0 Å². The summed E-state index contributed by atoms with van der Waals surface area (Å²) < 4.78 is 10.4. The lowest BCUT2D eigenvalue weighted by Gasteiger charge is -2.17. The van der Waals surface area contributed by atoms with E-state index >= 15 is 0 Å². The summed E-state index contributed by atoms with van der Waals surface area (Å²) in [6, 6.07) is 0. The second-order valence-corrected chi connectivity index (χ2v) is 2.07. The molecule has 0 saturated carbocycles. The second-order valence-electron chi connectivity index (χ2n) is 2.07.